The highest BCUT2D eigenvalue weighted by atomic mass is 35.5. The molecule has 0 spiro atoms. The lowest BCUT2D eigenvalue weighted by Crippen LogP contribution is -2.17. The number of rotatable bonds is 3. The first-order valence-corrected chi connectivity index (χ1v) is 4.25. The Balaban J connectivity index is 2.75. The molecule has 0 fully saturated rings. The molecule has 5 heteroatoms. The Morgan fingerprint density at radius 2 is 2.36 bits per heavy atom. The maximum atomic E-state index is 12.7. The van der Waals surface area contributed by atoms with Crippen LogP contribution in [-0.2, 0) is 9.53 Å². The summed E-state index contributed by atoms with van der Waals surface area (Å²) in [5.74, 6) is -0.831. The van der Waals surface area contributed by atoms with Crippen molar-refractivity contribution in [1.82, 2.24) is 0 Å². The van der Waals surface area contributed by atoms with Crippen molar-refractivity contribution in [2.24, 2.45) is 0 Å². The van der Waals surface area contributed by atoms with Crippen LogP contribution < -0.4 is 5.32 Å². The van der Waals surface area contributed by atoms with Gasteiger partial charge in [0.25, 0.3) is 0 Å². The molecule has 0 bridgehead atoms. The second-order valence-electron chi connectivity index (χ2n) is 2.61. The van der Waals surface area contributed by atoms with Crippen molar-refractivity contribution in [3.8, 4) is 0 Å². The van der Waals surface area contributed by atoms with E-state index < -0.39 is 5.82 Å². The fraction of sp³-hybridized carbons (Fsp3) is 0.222. The number of carbonyl (C=O) groups is 1. The number of nitrogens with one attached hydrogen (secondary N) is 1. The second kappa shape index (κ2) is 4.93. The van der Waals surface area contributed by atoms with Gasteiger partial charge in [-0.1, -0.05) is 11.6 Å². The molecule has 14 heavy (non-hydrogen) atoms. The summed E-state index contributed by atoms with van der Waals surface area (Å²) in [4.78, 5) is 11.1. The van der Waals surface area contributed by atoms with Crippen molar-refractivity contribution in [1.29, 1.82) is 0 Å². The van der Waals surface area contributed by atoms with Gasteiger partial charge in [-0.05, 0) is 18.2 Å². The highest BCUT2D eigenvalue weighted by Gasteiger charge is 2.05. The van der Waals surface area contributed by atoms with E-state index in [0.29, 0.717) is 0 Å². The van der Waals surface area contributed by atoms with Gasteiger partial charge in [-0.15, -0.1) is 0 Å². The normalized spacial score (nSPS) is 9.93. The van der Waals surface area contributed by atoms with Gasteiger partial charge in [0.1, 0.15) is 12.4 Å². The third kappa shape index (κ3) is 2.97. The molecule has 1 aromatic rings. The number of amides is 1. The zero-order valence-corrected chi connectivity index (χ0v) is 8.27. The minimum Gasteiger partial charge on any atom is -0.375 e. The summed E-state index contributed by atoms with van der Waals surface area (Å²) < 4.78 is 17.3. The number of carbonyl (C=O) groups excluding carboxylic acids is 1. The van der Waals surface area contributed by atoms with Crippen LogP contribution in [0.1, 0.15) is 0 Å². The highest BCUT2D eigenvalue weighted by Crippen LogP contribution is 2.22. The summed E-state index contributed by atoms with van der Waals surface area (Å²) in [7, 11) is 1.40. The van der Waals surface area contributed by atoms with Crippen molar-refractivity contribution in [2.45, 2.75) is 0 Å². The van der Waals surface area contributed by atoms with Gasteiger partial charge in [0.15, 0.2) is 0 Å². The number of halogens is 2. The van der Waals surface area contributed by atoms with Gasteiger partial charge >= 0.3 is 0 Å². The summed E-state index contributed by atoms with van der Waals surface area (Å²) in [5, 5.41) is 2.70. The predicted molar refractivity (Wildman–Crippen MR) is 51.9 cm³/mol. The lowest BCUT2D eigenvalue weighted by Gasteiger charge is -2.06. The topological polar surface area (TPSA) is 38.3 Å². The summed E-state index contributed by atoms with van der Waals surface area (Å²) in [6.07, 6.45) is 0. The first-order valence-electron chi connectivity index (χ1n) is 3.87. The van der Waals surface area contributed by atoms with E-state index in [2.05, 4.69) is 10.1 Å². The highest BCUT2D eigenvalue weighted by molar-refractivity contribution is 6.33. The number of benzene rings is 1. The molecule has 0 aromatic heterocycles. The lowest BCUT2D eigenvalue weighted by molar-refractivity contribution is -0.119. The Kier molecular flexibility index (Phi) is 3.85. The van der Waals surface area contributed by atoms with E-state index >= 15 is 0 Å². The maximum absolute atomic E-state index is 12.7. The Morgan fingerprint density at radius 3 is 3.00 bits per heavy atom. The maximum Gasteiger partial charge on any atom is 0.250 e. The van der Waals surface area contributed by atoms with Crippen molar-refractivity contribution >= 4 is 23.2 Å². The van der Waals surface area contributed by atoms with Crippen LogP contribution in [0.5, 0.6) is 0 Å². The molecule has 0 radical (unpaired) electrons. The minimum atomic E-state index is -0.456. The largest absolute Gasteiger partial charge is 0.375 e. The molecular weight excluding hydrogens is 209 g/mol. The van der Waals surface area contributed by atoms with Gasteiger partial charge in [-0.25, -0.2) is 4.39 Å². The first kappa shape index (κ1) is 10.9. The number of hydrogen-bond donors (Lipinski definition) is 1. The third-order valence-electron chi connectivity index (χ3n) is 1.48. The van der Waals surface area contributed by atoms with Crippen LogP contribution in [-0.4, -0.2) is 19.6 Å². The number of ether oxygens (including phenoxy) is 1. The van der Waals surface area contributed by atoms with Gasteiger partial charge in [0.2, 0.25) is 5.91 Å². The molecule has 1 N–H and O–H groups in total. The SMILES string of the molecule is COCC(=O)Nc1cc(F)ccc1Cl. The molecule has 76 valence electrons. The van der Waals surface area contributed by atoms with Crippen LogP contribution in [0.3, 0.4) is 0 Å². The fourth-order valence-corrected chi connectivity index (χ4v) is 1.08. The molecule has 0 aliphatic carbocycles. The number of anilines is 1. The van der Waals surface area contributed by atoms with Gasteiger partial charge in [0, 0.05) is 7.11 Å². The molecule has 0 saturated carbocycles. The van der Waals surface area contributed by atoms with Crippen molar-refractivity contribution in [2.75, 3.05) is 19.0 Å². The summed E-state index contributed by atoms with van der Waals surface area (Å²) in [6.45, 7) is -0.0904. The Hall–Kier alpha value is -1.13. The average Bonchev–Trinajstić information content (AvgIpc) is 2.12. The second-order valence-corrected chi connectivity index (χ2v) is 3.01. The molecule has 1 amide bonds. The van der Waals surface area contributed by atoms with E-state index in [1.165, 1.54) is 19.2 Å². The minimum absolute atomic E-state index is 0.0904. The Labute approximate surface area is 85.8 Å². The van der Waals surface area contributed by atoms with Crippen molar-refractivity contribution in [3.05, 3.63) is 29.0 Å². The molecule has 0 unspecified atom stereocenters. The quantitative estimate of drug-likeness (QED) is 0.842. The van der Waals surface area contributed by atoms with E-state index in [-0.39, 0.29) is 23.2 Å². The van der Waals surface area contributed by atoms with Gasteiger partial charge in [-0.2, -0.15) is 0 Å². The molecule has 0 aliphatic rings. The van der Waals surface area contributed by atoms with Crippen LogP contribution >= 0.6 is 11.6 Å². The zero-order chi connectivity index (χ0) is 10.6. The van der Waals surface area contributed by atoms with Crippen molar-refractivity contribution < 1.29 is 13.9 Å². The standard InChI is InChI=1S/C9H9ClFNO2/c1-14-5-9(13)12-8-4-6(11)2-3-7(8)10/h2-4H,5H2,1H3,(H,12,13). The molecule has 1 rings (SSSR count). The van der Waals surface area contributed by atoms with Crippen molar-refractivity contribution in [3.63, 3.8) is 0 Å². The smallest absolute Gasteiger partial charge is 0.250 e. The van der Waals surface area contributed by atoms with E-state index in [1.807, 2.05) is 0 Å². The number of methoxy groups -OCH3 is 1. The summed E-state index contributed by atoms with van der Waals surface area (Å²) in [6, 6.07) is 3.74. The Morgan fingerprint density at radius 1 is 1.64 bits per heavy atom. The summed E-state index contributed by atoms with van der Waals surface area (Å²) in [5.41, 5.74) is 0.244. The van der Waals surface area contributed by atoms with E-state index in [9.17, 15) is 9.18 Å². The van der Waals surface area contributed by atoms with Gasteiger partial charge < -0.3 is 10.1 Å². The Bertz CT molecular complexity index is 344. The van der Waals surface area contributed by atoms with Crippen LogP contribution in [0.15, 0.2) is 18.2 Å². The van der Waals surface area contributed by atoms with Gasteiger partial charge in [0.05, 0.1) is 10.7 Å². The molecule has 3 nitrogen and oxygen atoms in total. The molecule has 0 atom stereocenters. The first-order chi connectivity index (χ1) is 6.63. The molecule has 0 heterocycles. The van der Waals surface area contributed by atoms with Crippen LogP contribution in [0.2, 0.25) is 5.02 Å². The van der Waals surface area contributed by atoms with Crippen LogP contribution in [0, 0.1) is 5.82 Å². The molecule has 0 aliphatic heterocycles. The van der Waals surface area contributed by atoms with E-state index in [0.717, 1.165) is 6.07 Å². The monoisotopic (exact) mass is 217 g/mol. The van der Waals surface area contributed by atoms with E-state index in [4.69, 9.17) is 11.6 Å². The predicted octanol–water partition coefficient (Wildman–Crippen LogP) is 2.06. The number of hydrogen-bond acceptors (Lipinski definition) is 2. The molecular formula is C9H9ClFNO2. The van der Waals surface area contributed by atoms with E-state index in [1.54, 1.807) is 0 Å². The third-order valence-corrected chi connectivity index (χ3v) is 1.81. The van der Waals surface area contributed by atoms with Crippen LogP contribution in [0.4, 0.5) is 10.1 Å². The average molecular weight is 218 g/mol. The molecule has 1 aromatic carbocycles. The zero-order valence-electron chi connectivity index (χ0n) is 7.51. The van der Waals surface area contributed by atoms with Gasteiger partial charge in [-0.3, -0.25) is 4.79 Å². The molecule has 0 saturated heterocycles. The summed E-state index contributed by atoms with van der Waals surface area (Å²) >= 11 is 5.72. The lowest BCUT2D eigenvalue weighted by atomic mass is 10.3. The fourth-order valence-electron chi connectivity index (χ4n) is 0.911. The van der Waals surface area contributed by atoms with Crippen LogP contribution in [0.25, 0.3) is 0 Å².